The molecule has 0 spiro atoms. The molecule has 3 heterocycles. The predicted octanol–water partition coefficient (Wildman–Crippen LogP) is 2.58. The number of carbonyl (C=O) groups is 3. The maximum absolute atomic E-state index is 12.0. The number of hydrogen-bond donors (Lipinski definition) is 0. The van der Waals surface area contributed by atoms with E-state index in [-0.39, 0.29) is 27.9 Å². The van der Waals surface area contributed by atoms with Gasteiger partial charge in [0.2, 0.25) is 15.4 Å². The van der Waals surface area contributed by atoms with Gasteiger partial charge in [0.25, 0.3) is 0 Å². The third kappa shape index (κ3) is 5.52. The van der Waals surface area contributed by atoms with E-state index in [1.165, 1.54) is 29.9 Å². The van der Waals surface area contributed by atoms with Crippen LogP contribution in [0.2, 0.25) is 0 Å². The van der Waals surface area contributed by atoms with Crippen LogP contribution >= 0.6 is 24.4 Å². The van der Waals surface area contributed by atoms with E-state index in [4.69, 9.17) is 52.5 Å². The quantitative estimate of drug-likeness (QED) is 0.252. The Bertz CT molecular complexity index is 1460. The van der Waals surface area contributed by atoms with Crippen molar-refractivity contribution in [3.05, 3.63) is 33.8 Å². The standard InChI is InChI=1S/C22H22N4O9S2/c1-10(27)32-15-9-31-19(17(34-12(3)29)16(15)33-11(2)28)25-21(36)23-20-26(22(25)37)24-18(35-20)13-5-7-14(30-4)8-6-13/h5-8,15-17,19H,9H2,1-4H3/t15-,16+,17-,19-/m1/s1. The molecule has 1 aromatic carbocycles. The van der Waals surface area contributed by atoms with E-state index >= 15 is 0 Å². The van der Waals surface area contributed by atoms with E-state index in [1.54, 1.807) is 31.4 Å². The molecule has 1 fully saturated rings. The van der Waals surface area contributed by atoms with E-state index < -0.39 is 42.4 Å². The summed E-state index contributed by atoms with van der Waals surface area (Å²) in [6.45, 7) is 3.31. The van der Waals surface area contributed by atoms with E-state index in [2.05, 4.69) is 10.1 Å². The van der Waals surface area contributed by atoms with E-state index in [1.807, 2.05) is 0 Å². The van der Waals surface area contributed by atoms with Gasteiger partial charge in [0, 0.05) is 26.3 Å². The average Bonchev–Trinajstić information content (AvgIpc) is 3.25. The molecule has 0 amide bonds. The Labute approximate surface area is 219 Å². The summed E-state index contributed by atoms with van der Waals surface area (Å²) in [4.78, 5) is 39.8. The zero-order valence-electron chi connectivity index (χ0n) is 20.1. The lowest BCUT2D eigenvalue weighted by molar-refractivity contribution is -0.240. The van der Waals surface area contributed by atoms with Gasteiger partial charge in [0.15, 0.2) is 24.5 Å². The van der Waals surface area contributed by atoms with E-state index in [0.717, 1.165) is 0 Å². The molecule has 0 aliphatic carbocycles. The van der Waals surface area contributed by atoms with Crippen LogP contribution < -0.4 is 4.74 Å². The van der Waals surface area contributed by atoms with Gasteiger partial charge < -0.3 is 28.1 Å². The van der Waals surface area contributed by atoms with Crippen LogP contribution in [0.1, 0.15) is 27.0 Å². The van der Waals surface area contributed by atoms with Crippen LogP contribution in [0.3, 0.4) is 0 Å². The van der Waals surface area contributed by atoms with Gasteiger partial charge >= 0.3 is 23.8 Å². The summed E-state index contributed by atoms with van der Waals surface area (Å²) < 4.78 is 35.4. The van der Waals surface area contributed by atoms with Crippen molar-refractivity contribution in [2.45, 2.75) is 45.3 Å². The molecule has 4 atom stereocenters. The molecule has 0 radical (unpaired) electrons. The highest BCUT2D eigenvalue weighted by Gasteiger charge is 2.48. The van der Waals surface area contributed by atoms with Crippen molar-refractivity contribution < 1.29 is 42.5 Å². The number of methoxy groups -OCH3 is 1. The van der Waals surface area contributed by atoms with Gasteiger partial charge in [0.1, 0.15) is 5.75 Å². The molecule has 1 saturated heterocycles. The highest BCUT2D eigenvalue weighted by atomic mass is 32.1. The first-order valence-corrected chi connectivity index (χ1v) is 11.7. The van der Waals surface area contributed by atoms with E-state index in [0.29, 0.717) is 11.3 Å². The minimum atomic E-state index is -1.29. The lowest BCUT2D eigenvalue weighted by atomic mass is 10.0. The summed E-state index contributed by atoms with van der Waals surface area (Å²) in [6.07, 6.45) is -4.75. The maximum Gasteiger partial charge on any atom is 0.330 e. The molecule has 196 valence electrons. The van der Waals surface area contributed by atoms with Crippen molar-refractivity contribution in [2.75, 3.05) is 13.7 Å². The minimum absolute atomic E-state index is 0.00757. The Morgan fingerprint density at radius 3 is 2.19 bits per heavy atom. The normalized spacial score (nSPS) is 21.3. The van der Waals surface area contributed by atoms with Crippen LogP contribution in [0.5, 0.6) is 5.75 Å². The topological polar surface area (TPSA) is 146 Å². The second-order valence-electron chi connectivity index (χ2n) is 7.90. The highest BCUT2D eigenvalue weighted by molar-refractivity contribution is 7.72. The molecule has 4 rings (SSSR count). The molecule has 0 N–H and O–H groups in total. The largest absolute Gasteiger partial charge is 0.497 e. The molecule has 1 aliphatic rings. The molecule has 37 heavy (non-hydrogen) atoms. The first-order valence-electron chi connectivity index (χ1n) is 10.9. The highest BCUT2D eigenvalue weighted by Crippen LogP contribution is 2.32. The van der Waals surface area contributed by atoms with Gasteiger partial charge in [-0.05, 0) is 48.7 Å². The van der Waals surface area contributed by atoms with Gasteiger partial charge in [-0.3, -0.25) is 19.0 Å². The van der Waals surface area contributed by atoms with Crippen molar-refractivity contribution >= 4 is 48.2 Å². The van der Waals surface area contributed by atoms with Crippen LogP contribution in [0.15, 0.2) is 28.7 Å². The van der Waals surface area contributed by atoms with Crippen molar-refractivity contribution in [3.8, 4) is 17.2 Å². The molecule has 0 saturated carbocycles. The third-order valence-electron chi connectivity index (χ3n) is 5.26. The minimum Gasteiger partial charge on any atom is -0.497 e. The molecule has 15 heteroatoms. The third-order valence-corrected chi connectivity index (χ3v) is 5.92. The number of aromatic nitrogens is 4. The first kappa shape index (κ1) is 26.4. The molecular formula is C22H22N4O9S2. The fraction of sp³-hybridized carbons (Fsp3) is 0.409. The van der Waals surface area contributed by atoms with Crippen molar-refractivity contribution in [3.63, 3.8) is 0 Å². The number of nitrogens with zero attached hydrogens (tertiary/aromatic N) is 4. The maximum atomic E-state index is 12.0. The van der Waals surface area contributed by atoms with Gasteiger partial charge in [-0.15, -0.1) is 5.10 Å². The predicted molar refractivity (Wildman–Crippen MR) is 129 cm³/mol. The van der Waals surface area contributed by atoms with E-state index in [9.17, 15) is 14.4 Å². The molecule has 0 unspecified atom stereocenters. The summed E-state index contributed by atoms with van der Waals surface area (Å²) in [5.74, 6) is -1.15. The molecule has 1 aliphatic heterocycles. The average molecular weight is 551 g/mol. The summed E-state index contributed by atoms with van der Waals surface area (Å²) in [5, 5.41) is 4.40. The van der Waals surface area contributed by atoms with Gasteiger partial charge in [-0.2, -0.15) is 9.50 Å². The van der Waals surface area contributed by atoms with Crippen LogP contribution in [-0.4, -0.2) is 69.1 Å². The number of carbonyl (C=O) groups excluding carboxylic acids is 3. The number of esters is 3. The van der Waals surface area contributed by atoms with Crippen molar-refractivity contribution in [1.29, 1.82) is 0 Å². The van der Waals surface area contributed by atoms with Crippen molar-refractivity contribution in [2.24, 2.45) is 0 Å². The fourth-order valence-electron chi connectivity index (χ4n) is 3.81. The Balaban J connectivity index is 1.80. The lowest BCUT2D eigenvalue weighted by Gasteiger charge is -2.40. The summed E-state index contributed by atoms with van der Waals surface area (Å²) in [5.41, 5.74) is 0.629. The number of rotatable bonds is 6. The van der Waals surface area contributed by atoms with Crippen LogP contribution in [-0.2, 0) is 33.3 Å². The van der Waals surface area contributed by atoms with Crippen LogP contribution in [0.25, 0.3) is 17.3 Å². The molecule has 3 aromatic rings. The number of ether oxygens (including phenoxy) is 5. The molecule has 13 nitrogen and oxygen atoms in total. The monoisotopic (exact) mass is 550 g/mol. The second-order valence-corrected chi connectivity index (χ2v) is 8.63. The molecule has 2 aromatic heterocycles. The molecular weight excluding hydrogens is 528 g/mol. The Hall–Kier alpha value is -3.69. The summed E-state index contributed by atoms with van der Waals surface area (Å²) in [7, 11) is 1.55. The second kappa shape index (κ2) is 10.7. The number of fused-ring (bicyclic) bond motifs is 1. The number of benzene rings is 1. The SMILES string of the molecule is COc1ccc(-c2nn3c(=S)n([C@@H]4OC[C@@H](OC(C)=O)[C@H](OC(C)=O)[C@H]4OC(C)=O)c(=S)nc3o2)cc1. The van der Waals surface area contributed by atoms with Crippen LogP contribution in [0.4, 0.5) is 0 Å². The first-order chi connectivity index (χ1) is 17.6. The van der Waals surface area contributed by atoms with Gasteiger partial charge in [-0.25, -0.2) is 0 Å². The zero-order chi connectivity index (χ0) is 26.9. The summed E-state index contributed by atoms with van der Waals surface area (Å²) >= 11 is 11.1. The molecule has 0 bridgehead atoms. The number of hydrogen-bond acceptors (Lipinski definition) is 13. The summed E-state index contributed by atoms with van der Waals surface area (Å²) in [6, 6.07) is 6.97. The smallest absolute Gasteiger partial charge is 0.330 e. The lowest BCUT2D eigenvalue weighted by Crippen LogP contribution is -2.55. The van der Waals surface area contributed by atoms with Crippen LogP contribution in [0, 0.1) is 9.54 Å². The Morgan fingerprint density at radius 2 is 1.59 bits per heavy atom. The Kier molecular flexibility index (Phi) is 7.65. The van der Waals surface area contributed by atoms with Gasteiger partial charge in [-0.1, -0.05) is 0 Å². The fourth-order valence-corrected chi connectivity index (χ4v) is 4.45. The van der Waals surface area contributed by atoms with Crippen molar-refractivity contribution in [1.82, 2.24) is 19.2 Å². The van der Waals surface area contributed by atoms with Gasteiger partial charge in [0.05, 0.1) is 13.7 Å². The Morgan fingerprint density at radius 1 is 0.973 bits per heavy atom. The zero-order valence-corrected chi connectivity index (χ0v) is 21.7.